The van der Waals surface area contributed by atoms with Crippen LogP contribution in [0.5, 0.6) is 0 Å². The first-order valence-corrected chi connectivity index (χ1v) is 32.4. The van der Waals surface area contributed by atoms with E-state index in [0.717, 1.165) is 113 Å². The van der Waals surface area contributed by atoms with Gasteiger partial charge >= 0.3 is 0 Å². The minimum absolute atomic E-state index is 0.166. The lowest BCUT2D eigenvalue weighted by molar-refractivity contribution is 0.785. The summed E-state index contributed by atoms with van der Waals surface area (Å²) in [4.78, 5) is 9.53. The predicted molar refractivity (Wildman–Crippen MR) is 400 cm³/mol. The van der Waals surface area contributed by atoms with Crippen molar-refractivity contribution in [1.29, 1.82) is 0 Å². The van der Waals surface area contributed by atoms with Crippen LogP contribution in [-0.2, 0) is 0 Å². The van der Waals surface area contributed by atoms with E-state index in [1.54, 1.807) is 0 Å². The van der Waals surface area contributed by atoms with Gasteiger partial charge in [-0.15, -0.1) is 0 Å². The van der Waals surface area contributed by atoms with E-state index in [1.165, 1.54) is 32.5 Å². The second-order valence-electron chi connectivity index (χ2n) is 23.9. The molecule has 1 unspecified atom stereocenters. The third-order valence-electron chi connectivity index (χ3n) is 18.3. The zero-order chi connectivity index (χ0) is 62.6. The zero-order valence-electron chi connectivity index (χ0n) is 51.9. The molecule has 94 heavy (non-hydrogen) atoms. The van der Waals surface area contributed by atoms with Crippen molar-refractivity contribution in [2.45, 2.75) is 12.5 Å². The highest BCUT2D eigenvalue weighted by molar-refractivity contribution is 6.33. The Hall–Kier alpha value is -12.2. The van der Waals surface area contributed by atoms with Crippen LogP contribution in [-0.4, -0.2) is 6.04 Å². The third kappa shape index (κ3) is 11.0. The molecule has 0 saturated heterocycles. The molecular formula is C90H66N4. The van der Waals surface area contributed by atoms with Gasteiger partial charge in [0.1, 0.15) is 0 Å². The van der Waals surface area contributed by atoms with Crippen molar-refractivity contribution in [3.63, 3.8) is 0 Å². The van der Waals surface area contributed by atoms with Crippen LogP contribution in [0.1, 0.15) is 6.42 Å². The fourth-order valence-electron chi connectivity index (χ4n) is 13.9. The molecule has 0 N–H and O–H groups in total. The lowest BCUT2D eigenvalue weighted by Gasteiger charge is -2.32. The van der Waals surface area contributed by atoms with E-state index >= 15 is 0 Å². The summed E-state index contributed by atoms with van der Waals surface area (Å²) in [6.45, 7) is 0. The number of hydrogen-bond donors (Lipinski definition) is 0. The van der Waals surface area contributed by atoms with Crippen LogP contribution in [0.3, 0.4) is 0 Å². The molecule has 0 aromatic heterocycles. The van der Waals surface area contributed by atoms with Gasteiger partial charge in [0.05, 0.1) is 6.04 Å². The van der Waals surface area contributed by atoms with E-state index in [2.05, 4.69) is 402 Å². The lowest BCUT2D eigenvalue weighted by atomic mass is 9.81. The van der Waals surface area contributed by atoms with Crippen molar-refractivity contribution in [3.8, 4) is 44.5 Å². The molecule has 16 rings (SSSR count). The molecule has 4 nitrogen and oxygen atoms in total. The van der Waals surface area contributed by atoms with Crippen molar-refractivity contribution in [2.24, 2.45) is 0 Å². The Labute approximate surface area is 550 Å². The molecular weight excluding hydrogens is 1140 g/mol. The number of para-hydroxylation sites is 7. The van der Waals surface area contributed by atoms with Crippen LogP contribution in [0.15, 0.2) is 382 Å². The van der Waals surface area contributed by atoms with Crippen molar-refractivity contribution < 1.29 is 0 Å². The SMILES string of the molecule is C1=CCC(N(c2ccccc2)c2ccc(-c3cc(-c4ccccc4)c(-c4ccc(N(c5ccccc5)c5ccccc5)cc4)c4c5ccc(-c6ccc(N(c7ccccc7)c7ccccc7)cc6)cc5c5cc(N(c6ccccc6)c6ccccc6)ccc5c34)cc2)C=C1. The standard InChI is InChI=1S/C90H66N4/c1-10-28-66(29-11-1)84-64-85(67-48-55-79(56-49-67)92(72-34-16-4-17-35-72)73-36-18-5-19-37-73)89-82-61-59-81(94(76-42-24-8-25-43-76)77-44-26-9-27-45-77)63-87(82)86-62-69(65-46-53-78(54-47-65)91(70-30-12-2-13-31-70)71-32-14-3-15-33-71)52-60-83(86)90(89)88(84)68-50-57-80(58-51-68)93(74-38-20-6-21-39-74)75-40-22-7-23-41-75/h1-36,38-64,73H,37H2. The molecule has 0 aliphatic heterocycles. The molecule has 0 amide bonds. The Morgan fingerprint density at radius 3 is 1.03 bits per heavy atom. The summed E-state index contributed by atoms with van der Waals surface area (Å²) in [5, 5.41) is 7.06. The summed E-state index contributed by atoms with van der Waals surface area (Å²) < 4.78 is 0. The van der Waals surface area contributed by atoms with Gasteiger partial charge in [-0.2, -0.15) is 0 Å². The van der Waals surface area contributed by atoms with E-state index in [9.17, 15) is 0 Å². The first-order valence-electron chi connectivity index (χ1n) is 32.4. The molecule has 15 aromatic rings. The van der Waals surface area contributed by atoms with Gasteiger partial charge in [-0.25, -0.2) is 0 Å². The second-order valence-corrected chi connectivity index (χ2v) is 23.9. The minimum Gasteiger partial charge on any atom is -0.334 e. The largest absolute Gasteiger partial charge is 0.334 e. The van der Waals surface area contributed by atoms with Gasteiger partial charge in [0.15, 0.2) is 0 Å². The summed E-state index contributed by atoms with van der Waals surface area (Å²) in [5.41, 5.74) is 21.3. The van der Waals surface area contributed by atoms with E-state index in [0.29, 0.717) is 0 Å². The van der Waals surface area contributed by atoms with Crippen LogP contribution in [0.25, 0.3) is 76.8 Å². The number of benzene rings is 15. The van der Waals surface area contributed by atoms with Gasteiger partial charge in [-0.05, 0) is 229 Å². The molecule has 1 atom stereocenters. The van der Waals surface area contributed by atoms with Crippen LogP contribution in [0.4, 0.5) is 62.6 Å². The Morgan fingerprint density at radius 2 is 0.564 bits per heavy atom. The molecule has 0 saturated carbocycles. The topological polar surface area (TPSA) is 13.0 Å². The number of nitrogens with zero attached hydrogens (tertiary/aromatic N) is 4. The quantitative estimate of drug-likeness (QED) is 0.0894. The maximum absolute atomic E-state index is 2.49. The number of rotatable bonds is 16. The monoisotopic (exact) mass is 1200 g/mol. The molecule has 0 fully saturated rings. The Kier molecular flexibility index (Phi) is 15.5. The molecule has 0 spiro atoms. The predicted octanol–water partition coefficient (Wildman–Crippen LogP) is 25.2. The normalized spacial score (nSPS) is 12.7. The number of anilines is 11. The van der Waals surface area contributed by atoms with Gasteiger partial charge < -0.3 is 19.6 Å². The molecule has 4 heteroatoms. The van der Waals surface area contributed by atoms with Gasteiger partial charge in [0.25, 0.3) is 0 Å². The first-order chi connectivity index (χ1) is 46.7. The van der Waals surface area contributed by atoms with E-state index < -0.39 is 0 Å². The summed E-state index contributed by atoms with van der Waals surface area (Å²) >= 11 is 0. The van der Waals surface area contributed by atoms with Gasteiger partial charge in [0, 0.05) is 62.6 Å². The van der Waals surface area contributed by atoms with Crippen LogP contribution in [0.2, 0.25) is 0 Å². The van der Waals surface area contributed by atoms with E-state index in [4.69, 9.17) is 0 Å². The first kappa shape index (κ1) is 57.0. The van der Waals surface area contributed by atoms with Crippen LogP contribution >= 0.6 is 0 Å². The molecule has 15 aromatic carbocycles. The van der Waals surface area contributed by atoms with E-state index in [-0.39, 0.29) is 6.04 Å². The average Bonchev–Trinajstić information content (AvgIpc) is 0.708. The molecule has 1 aliphatic rings. The maximum atomic E-state index is 2.49. The number of fused-ring (bicyclic) bond motifs is 6. The Morgan fingerprint density at radius 1 is 0.223 bits per heavy atom. The van der Waals surface area contributed by atoms with Crippen molar-refractivity contribution in [3.05, 3.63) is 382 Å². The third-order valence-corrected chi connectivity index (χ3v) is 18.3. The Bertz CT molecular complexity index is 5050. The Balaban J connectivity index is 0.973. The zero-order valence-corrected chi connectivity index (χ0v) is 51.9. The summed E-state index contributed by atoms with van der Waals surface area (Å²) in [6.07, 6.45) is 9.84. The summed E-state index contributed by atoms with van der Waals surface area (Å²) in [6, 6.07) is 131. The molecule has 0 bridgehead atoms. The van der Waals surface area contributed by atoms with Gasteiger partial charge in [-0.1, -0.05) is 237 Å². The second kappa shape index (κ2) is 25.6. The van der Waals surface area contributed by atoms with Gasteiger partial charge in [-0.3, -0.25) is 0 Å². The number of hydrogen-bond acceptors (Lipinski definition) is 4. The molecule has 1 aliphatic carbocycles. The highest BCUT2D eigenvalue weighted by Gasteiger charge is 2.26. The molecule has 0 heterocycles. The maximum Gasteiger partial charge on any atom is 0.0559 e. The van der Waals surface area contributed by atoms with Crippen LogP contribution in [0, 0.1) is 0 Å². The smallest absolute Gasteiger partial charge is 0.0559 e. The van der Waals surface area contributed by atoms with Crippen molar-refractivity contribution in [2.75, 3.05) is 19.6 Å². The van der Waals surface area contributed by atoms with Gasteiger partial charge in [0.2, 0.25) is 0 Å². The number of allylic oxidation sites excluding steroid dienone is 2. The summed E-state index contributed by atoms with van der Waals surface area (Å²) in [7, 11) is 0. The minimum atomic E-state index is 0.166. The fourth-order valence-corrected chi connectivity index (χ4v) is 13.9. The highest BCUT2D eigenvalue weighted by atomic mass is 15.2. The highest BCUT2D eigenvalue weighted by Crippen LogP contribution is 2.52. The fraction of sp³-hybridized carbons (Fsp3) is 0.0222. The lowest BCUT2D eigenvalue weighted by Crippen LogP contribution is -2.29. The summed E-state index contributed by atoms with van der Waals surface area (Å²) in [5.74, 6) is 0. The molecule has 0 radical (unpaired) electrons. The van der Waals surface area contributed by atoms with Crippen molar-refractivity contribution >= 4 is 94.9 Å². The molecule has 446 valence electrons. The van der Waals surface area contributed by atoms with Crippen molar-refractivity contribution in [1.82, 2.24) is 0 Å². The van der Waals surface area contributed by atoms with E-state index in [1.807, 2.05) is 0 Å². The average molecular weight is 1200 g/mol. The van der Waals surface area contributed by atoms with Crippen LogP contribution < -0.4 is 19.6 Å².